The SMILES string of the molecule is CC(C)C[C@H](NC(=O)NCC(=O)N1CCC[C@H]1c1ccc2c(c1)OCCO2)C(=O)O. The number of benzene rings is 1. The number of urea groups is 1. The molecular formula is C21H29N3O6. The number of carboxylic acid groups (broad SMARTS) is 1. The van der Waals surface area contributed by atoms with Crippen LogP contribution in [-0.2, 0) is 9.59 Å². The molecule has 9 heteroatoms. The molecule has 2 aliphatic rings. The number of fused-ring (bicyclic) bond motifs is 1. The first-order chi connectivity index (χ1) is 14.3. The summed E-state index contributed by atoms with van der Waals surface area (Å²) >= 11 is 0. The fraction of sp³-hybridized carbons (Fsp3) is 0.571. The largest absolute Gasteiger partial charge is 0.486 e. The first-order valence-electron chi connectivity index (χ1n) is 10.3. The van der Waals surface area contributed by atoms with Crippen LogP contribution in [-0.4, -0.2) is 60.3 Å². The van der Waals surface area contributed by atoms with Gasteiger partial charge in [-0.15, -0.1) is 0 Å². The Balaban J connectivity index is 1.57. The van der Waals surface area contributed by atoms with Crippen molar-refractivity contribution in [2.75, 3.05) is 26.3 Å². The van der Waals surface area contributed by atoms with Gasteiger partial charge in [-0.2, -0.15) is 0 Å². The smallest absolute Gasteiger partial charge is 0.326 e. The van der Waals surface area contributed by atoms with Crippen LogP contribution in [0.4, 0.5) is 4.79 Å². The average molecular weight is 419 g/mol. The van der Waals surface area contributed by atoms with E-state index in [2.05, 4.69) is 10.6 Å². The highest BCUT2D eigenvalue weighted by atomic mass is 16.6. The van der Waals surface area contributed by atoms with E-state index in [1.807, 2.05) is 32.0 Å². The quantitative estimate of drug-likeness (QED) is 0.622. The molecule has 1 aromatic rings. The molecule has 0 unspecified atom stereocenters. The molecule has 30 heavy (non-hydrogen) atoms. The summed E-state index contributed by atoms with van der Waals surface area (Å²) in [5, 5.41) is 14.1. The molecule has 3 N–H and O–H groups in total. The number of carbonyl (C=O) groups excluding carboxylic acids is 2. The van der Waals surface area contributed by atoms with Crippen molar-refractivity contribution in [2.24, 2.45) is 5.92 Å². The van der Waals surface area contributed by atoms with E-state index in [-0.39, 0.29) is 24.4 Å². The minimum atomic E-state index is -1.09. The number of ether oxygens (including phenoxy) is 2. The fourth-order valence-electron chi connectivity index (χ4n) is 3.84. The maximum Gasteiger partial charge on any atom is 0.326 e. The van der Waals surface area contributed by atoms with Crippen LogP contribution < -0.4 is 20.1 Å². The van der Waals surface area contributed by atoms with Gasteiger partial charge in [-0.05, 0) is 42.9 Å². The lowest BCUT2D eigenvalue weighted by atomic mass is 10.0. The van der Waals surface area contributed by atoms with E-state index in [4.69, 9.17) is 9.47 Å². The van der Waals surface area contributed by atoms with Crippen LogP contribution in [0.5, 0.6) is 11.5 Å². The van der Waals surface area contributed by atoms with E-state index in [1.165, 1.54) is 0 Å². The lowest BCUT2D eigenvalue weighted by Gasteiger charge is -2.27. The van der Waals surface area contributed by atoms with Crippen LogP contribution in [0.3, 0.4) is 0 Å². The van der Waals surface area contributed by atoms with Crippen molar-refractivity contribution in [2.45, 2.75) is 45.2 Å². The minimum absolute atomic E-state index is 0.0918. The van der Waals surface area contributed by atoms with Gasteiger partial charge in [0.2, 0.25) is 5.91 Å². The van der Waals surface area contributed by atoms with Gasteiger partial charge in [0.25, 0.3) is 0 Å². The van der Waals surface area contributed by atoms with Crippen molar-refractivity contribution in [1.29, 1.82) is 0 Å². The van der Waals surface area contributed by atoms with E-state index in [0.717, 1.165) is 18.4 Å². The molecule has 2 aliphatic heterocycles. The number of hydrogen-bond acceptors (Lipinski definition) is 5. The van der Waals surface area contributed by atoms with Gasteiger partial charge < -0.3 is 30.1 Å². The molecule has 0 spiro atoms. The normalized spacial score (nSPS) is 18.8. The van der Waals surface area contributed by atoms with E-state index < -0.39 is 18.0 Å². The van der Waals surface area contributed by atoms with Crippen molar-refractivity contribution >= 4 is 17.9 Å². The van der Waals surface area contributed by atoms with Gasteiger partial charge in [0.05, 0.1) is 12.6 Å². The van der Waals surface area contributed by atoms with Crippen LogP contribution in [0, 0.1) is 5.92 Å². The Labute approximate surface area is 175 Å². The molecule has 1 aromatic carbocycles. The number of aliphatic carboxylic acids is 1. The number of carboxylic acids is 1. The molecule has 2 atom stereocenters. The highest BCUT2D eigenvalue weighted by Crippen LogP contribution is 2.38. The zero-order chi connectivity index (χ0) is 21.7. The summed E-state index contributed by atoms with van der Waals surface area (Å²) in [6.45, 7) is 5.19. The van der Waals surface area contributed by atoms with Crippen molar-refractivity contribution in [1.82, 2.24) is 15.5 Å². The van der Waals surface area contributed by atoms with Gasteiger partial charge in [-0.1, -0.05) is 19.9 Å². The Hall–Kier alpha value is -2.97. The molecule has 0 bridgehead atoms. The number of likely N-dealkylation sites (tertiary alicyclic amines) is 1. The molecule has 9 nitrogen and oxygen atoms in total. The third-order valence-corrected chi connectivity index (χ3v) is 5.23. The average Bonchev–Trinajstić information content (AvgIpc) is 3.20. The molecule has 3 rings (SSSR count). The molecular weight excluding hydrogens is 390 g/mol. The lowest BCUT2D eigenvalue weighted by Crippen LogP contribution is -2.49. The van der Waals surface area contributed by atoms with Crippen LogP contribution >= 0.6 is 0 Å². The zero-order valence-electron chi connectivity index (χ0n) is 17.3. The molecule has 0 saturated carbocycles. The molecule has 0 radical (unpaired) electrons. The number of amides is 3. The predicted molar refractivity (Wildman–Crippen MR) is 109 cm³/mol. The number of carbonyl (C=O) groups is 3. The van der Waals surface area contributed by atoms with Crippen LogP contribution in [0.2, 0.25) is 0 Å². The lowest BCUT2D eigenvalue weighted by molar-refractivity contribution is -0.139. The van der Waals surface area contributed by atoms with Crippen LogP contribution in [0.25, 0.3) is 0 Å². The summed E-state index contributed by atoms with van der Waals surface area (Å²) in [7, 11) is 0. The van der Waals surface area contributed by atoms with E-state index in [9.17, 15) is 19.5 Å². The summed E-state index contributed by atoms with van der Waals surface area (Å²) < 4.78 is 11.2. The zero-order valence-corrected chi connectivity index (χ0v) is 17.3. The van der Waals surface area contributed by atoms with Crippen LogP contribution in [0.1, 0.15) is 44.7 Å². The van der Waals surface area contributed by atoms with Crippen molar-refractivity contribution in [3.05, 3.63) is 23.8 Å². The first-order valence-corrected chi connectivity index (χ1v) is 10.3. The number of hydrogen-bond donors (Lipinski definition) is 3. The van der Waals surface area contributed by atoms with Gasteiger partial charge in [0.1, 0.15) is 19.3 Å². The molecule has 0 aliphatic carbocycles. The number of nitrogens with zero attached hydrogens (tertiary/aromatic N) is 1. The molecule has 2 heterocycles. The first kappa shape index (κ1) is 21.7. The van der Waals surface area contributed by atoms with Crippen molar-refractivity contribution < 1.29 is 29.0 Å². The summed E-state index contributed by atoms with van der Waals surface area (Å²) in [6, 6.07) is 3.97. The topological polar surface area (TPSA) is 117 Å². The highest BCUT2D eigenvalue weighted by molar-refractivity contribution is 5.86. The maximum atomic E-state index is 12.7. The van der Waals surface area contributed by atoms with Crippen LogP contribution in [0.15, 0.2) is 18.2 Å². The second kappa shape index (κ2) is 9.69. The highest BCUT2D eigenvalue weighted by Gasteiger charge is 2.31. The van der Waals surface area contributed by atoms with Gasteiger partial charge in [0.15, 0.2) is 11.5 Å². The Kier molecular flexibility index (Phi) is 7.02. The molecule has 1 saturated heterocycles. The van der Waals surface area contributed by atoms with Gasteiger partial charge in [-0.3, -0.25) is 4.79 Å². The standard InChI is InChI=1S/C21H29N3O6/c1-13(2)10-15(20(26)27)23-21(28)22-12-19(25)24-7-3-4-16(24)14-5-6-17-18(11-14)30-9-8-29-17/h5-6,11,13,15-16H,3-4,7-10,12H2,1-2H3,(H,26,27)(H2,22,23,28)/t15-,16-/m0/s1. The van der Waals surface area contributed by atoms with Gasteiger partial charge in [0, 0.05) is 6.54 Å². The third-order valence-electron chi connectivity index (χ3n) is 5.23. The fourth-order valence-corrected chi connectivity index (χ4v) is 3.84. The van der Waals surface area contributed by atoms with E-state index in [0.29, 0.717) is 37.7 Å². The summed E-state index contributed by atoms with van der Waals surface area (Å²) in [5.74, 6) is 0.195. The molecule has 0 aromatic heterocycles. The Bertz CT molecular complexity index is 797. The molecule has 1 fully saturated rings. The summed E-state index contributed by atoms with van der Waals surface area (Å²) in [4.78, 5) is 37.8. The van der Waals surface area contributed by atoms with Gasteiger partial charge >= 0.3 is 12.0 Å². The Morgan fingerprint density at radius 1 is 1.20 bits per heavy atom. The summed E-state index contributed by atoms with van der Waals surface area (Å²) in [6.07, 6.45) is 2.01. The second-order valence-corrected chi connectivity index (χ2v) is 8.00. The van der Waals surface area contributed by atoms with E-state index in [1.54, 1.807) is 4.90 Å². The third kappa shape index (κ3) is 5.34. The maximum absolute atomic E-state index is 12.7. The van der Waals surface area contributed by atoms with Crippen molar-refractivity contribution in [3.8, 4) is 11.5 Å². The summed E-state index contributed by atoms with van der Waals surface area (Å²) in [5.41, 5.74) is 0.970. The monoisotopic (exact) mass is 419 g/mol. The minimum Gasteiger partial charge on any atom is -0.486 e. The molecule has 3 amide bonds. The van der Waals surface area contributed by atoms with Gasteiger partial charge in [-0.25, -0.2) is 9.59 Å². The predicted octanol–water partition coefficient (Wildman–Crippen LogP) is 1.92. The Morgan fingerprint density at radius 3 is 2.63 bits per heavy atom. The molecule has 164 valence electrons. The second-order valence-electron chi connectivity index (χ2n) is 8.00. The Morgan fingerprint density at radius 2 is 1.93 bits per heavy atom. The number of rotatable bonds is 7. The number of nitrogens with one attached hydrogen (secondary N) is 2. The van der Waals surface area contributed by atoms with Crippen molar-refractivity contribution in [3.63, 3.8) is 0 Å². The van der Waals surface area contributed by atoms with E-state index >= 15 is 0 Å².